The smallest absolute Gasteiger partial charge is 0.410 e. The van der Waals surface area contributed by atoms with Crippen LogP contribution in [0.1, 0.15) is 12.8 Å². The van der Waals surface area contributed by atoms with Crippen LogP contribution in [-0.2, 0) is 0 Å². The summed E-state index contributed by atoms with van der Waals surface area (Å²) in [6.45, 7) is 1.42. The van der Waals surface area contributed by atoms with Gasteiger partial charge in [0.2, 0.25) is 0 Å². The molecule has 2 aromatic heterocycles. The molecular weight excluding hydrogens is 393 g/mol. The fourth-order valence-electron chi connectivity index (χ4n) is 3.38. The number of thiazole rings is 1. The molecule has 9 heteroatoms. The molecule has 4 aromatic rings. The van der Waals surface area contributed by atoms with Gasteiger partial charge in [0.1, 0.15) is 17.9 Å². The number of carbonyl (C=O) groups is 1. The van der Waals surface area contributed by atoms with Gasteiger partial charge in [-0.3, -0.25) is 0 Å². The number of rotatable bonds is 3. The van der Waals surface area contributed by atoms with Crippen LogP contribution in [0.3, 0.4) is 0 Å². The Kier molecular flexibility index (Phi) is 4.44. The van der Waals surface area contributed by atoms with Crippen molar-refractivity contribution >= 4 is 50.1 Å². The maximum Gasteiger partial charge on any atom is 0.415 e. The quantitative estimate of drug-likeness (QED) is 0.528. The largest absolute Gasteiger partial charge is 0.415 e. The number of ether oxygens (including phenoxy) is 1. The van der Waals surface area contributed by atoms with Gasteiger partial charge in [0.15, 0.2) is 5.82 Å². The van der Waals surface area contributed by atoms with Gasteiger partial charge in [-0.05, 0) is 43.2 Å². The lowest BCUT2D eigenvalue weighted by molar-refractivity contribution is 0.163. The predicted octanol–water partition coefficient (Wildman–Crippen LogP) is 4.72. The van der Waals surface area contributed by atoms with Crippen molar-refractivity contribution < 1.29 is 13.9 Å². The minimum atomic E-state index is -0.381. The number of nitrogens with zero attached hydrogens (tertiary/aromatic N) is 4. The number of nitrogens with one attached hydrogen (secondary N) is 1. The monoisotopic (exact) mass is 409 g/mol. The lowest BCUT2D eigenvalue weighted by Crippen LogP contribution is -2.30. The van der Waals surface area contributed by atoms with Gasteiger partial charge in [-0.1, -0.05) is 0 Å². The zero-order valence-corrected chi connectivity index (χ0v) is 16.1. The Morgan fingerprint density at radius 2 is 1.93 bits per heavy atom. The number of carbonyl (C=O) groups excluding carboxylic acids is 1. The van der Waals surface area contributed by atoms with Gasteiger partial charge in [-0.25, -0.2) is 24.1 Å². The molecule has 1 saturated heterocycles. The van der Waals surface area contributed by atoms with Gasteiger partial charge in [0.05, 0.1) is 26.9 Å². The molecule has 2 aromatic carbocycles. The summed E-state index contributed by atoms with van der Waals surface area (Å²) in [5, 5.41) is 3.66. The van der Waals surface area contributed by atoms with E-state index >= 15 is 0 Å². The Hall–Kier alpha value is -3.33. The third-order valence-electron chi connectivity index (χ3n) is 4.87. The summed E-state index contributed by atoms with van der Waals surface area (Å²) in [5.41, 5.74) is 3.17. The minimum absolute atomic E-state index is 0.293. The third kappa shape index (κ3) is 3.33. The molecule has 7 nitrogen and oxygen atoms in total. The summed E-state index contributed by atoms with van der Waals surface area (Å²) in [5.74, 6) is 0.441. The van der Waals surface area contributed by atoms with Gasteiger partial charge >= 0.3 is 6.09 Å². The molecule has 1 amide bonds. The maximum atomic E-state index is 14.8. The second kappa shape index (κ2) is 7.25. The van der Waals surface area contributed by atoms with Crippen LogP contribution in [0, 0.1) is 5.82 Å². The van der Waals surface area contributed by atoms with E-state index in [2.05, 4.69) is 20.3 Å². The normalized spacial score (nSPS) is 13.9. The van der Waals surface area contributed by atoms with Crippen molar-refractivity contribution in [3.05, 3.63) is 48.0 Å². The molecule has 1 aliphatic heterocycles. The highest BCUT2D eigenvalue weighted by Crippen LogP contribution is 2.31. The average molecular weight is 409 g/mol. The Morgan fingerprint density at radius 1 is 1.10 bits per heavy atom. The molecule has 1 aliphatic rings. The van der Waals surface area contributed by atoms with Crippen molar-refractivity contribution in [3.63, 3.8) is 0 Å². The number of fused-ring (bicyclic) bond motifs is 2. The van der Waals surface area contributed by atoms with E-state index in [0.29, 0.717) is 51.5 Å². The van der Waals surface area contributed by atoms with Gasteiger partial charge in [0.25, 0.3) is 0 Å². The molecule has 1 N–H and O–H groups in total. The fraction of sp³-hybridized carbons (Fsp3) is 0.200. The molecule has 0 radical (unpaired) electrons. The summed E-state index contributed by atoms with van der Waals surface area (Å²) in [6, 6.07) is 8.51. The van der Waals surface area contributed by atoms with Crippen LogP contribution in [0.5, 0.6) is 5.75 Å². The first-order valence-corrected chi connectivity index (χ1v) is 10.1. The van der Waals surface area contributed by atoms with Crippen molar-refractivity contribution in [1.29, 1.82) is 0 Å². The standard InChI is InChI=1S/C20H16FN5O2S/c21-17-15(5-6-16-18(17)29-11-24-16)25-19-13-9-12(3-4-14(13)22-10-23-19)28-20(27)26-7-1-2-8-26/h3-6,9-11H,1-2,7-8H2,(H,22,23,25). The van der Waals surface area contributed by atoms with Gasteiger partial charge in [-0.2, -0.15) is 0 Å². The summed E-state index contributed by atoms with van der Waals surface area (Å²) in [7, 11) is 0. The number of likely N-dealkylation sites (tertiary alicyclic amines) is 1. The minimum Gasteiger partial charge on any atom is -0.410 e. The molecular formula is C20H16FN5O2S. The van der Waals surface area contributed by atoms with E-state index in [1.807, 2.05) is 0 Å². The number of benzene rings is 2. The lowest BCUT2D eigenvalue weighted by atomic mass is 10.2. The van der Waals surface area contributed by atoms with E-state index in [9.17, 15) is 9.18 Å². The summed E-state index contributed by atoms with van der Waals surface area (Å²) >= 11 is 1.24. The molecule has 0 atom stereocenters. The fourth-order valence-corrected chi connectivity index (χ4v) is 4.11. The molecule has 146 valence electrons. The maximum absolute atomic E-state index is 14.8. The van der Waals surface area contributed by atoms with E-state index in [0.717, 1.165) is 12.8 Å². The van der Waals surface area contributed by atoms with Crippen molar-refractivity contribution in [2.24, 2.45) is 0 Å². The Balaban J connectivity index is 1.48. The molecule has 1 fully saturated rings. The van der Waals surface area contributed by atoms with Gasteiger partial charge in [-0.15, -0.1) is 11.3 Å². The van der Waals surface area contributed by atoms with Crippen molar-refractivity contribution in [2.45, 2.75) is 12.8 Å². The number of hydrogen-bond donors (Lipinski definition) is 1. The van der Waals surface area contributed by atoms with E-state index in [4.69, 9.17) is 4.74 Å². The number of halogens is 1. The Labute approximate surface area is 169 Å². The zero-order chi connectivity index (χ0) is 19.8. The Bertz CT molecular complexity index is 1220. The molecule has 29 heavy (non-hydrogen) atoms. The van der Waals surface area contributed by atoms with Crippen molar-refractivity contribution in [2.75, 3.05) is 18.4 Å². The van der Waals surface area contributed by atoms with Gasteiger partial charge < -0.3 is 15.0 Å². The molecule has 0 unspecified atom stereocenters. The number of aromatic nitrogens is 3. The second-order valence-corrected chi connectivity index (χ2v) is 7.57. The topological polar surface area (TPSA) is 80.2 Å². The van der Waals surface area contributed by atoms with E-state index in [-0.39, 0.29) is 11.9 Å². The van der Waals surface area contributed by atoms with E-state index in [1.54, 1.807) is 40.7 Å². The first-order valence-electron chi connectivity index (χ1n) is 9.19. The first-order chi connectivity index (χ1) is 14.2. The number of anilines is 2. The van der Waals surface area contributed by atoms with Crippen LogP contribution in [-0.4, -0.2) is 39.0 Å². The number of hydrogen-bond acceptors (Lipinski definition) is 7. The van der Waals surface area contributed by atoms with Gasteiger partial charge in [0, 0.05) is 18.5 Å². The van der Waals surface area contributed by atoms with E-state index < -0.39 is 0 Å². The summed E-state index contributed by atoms with van der Waals surface area (Å²) < 4.78 is 20.8. The molecule has 0 aliphatic carbocycles. The molecule has 3 heterocycles. The lowest BCUT2D eigenvalue weighted by Gasteiger charge is -2.15. The van der Waals surface area contributed by atoms with Crippen LogP contribution in [0.2, 0.25) is 0 Å². The molecule has 0 saturated carbocycles. The molecule has 0 bridgehead atoms. The third-order valence-corrected chi connectivity index (χ3v) is 5.70. The second-order valence-electron chi connectivity index (χ2n) is 6.72. The molecule has 0 spiro atoms. The van der Waals surface area contributed by atoms with Crippen molar-refractivity contribution in [3.8, 4) is 5.75 Å². The van der Waals surface area contributed by atoms with Crippen LogP contribution < -0.4 is 10.1 Å². The van der Waals surface area contributed by atoms with E-state index in [1.165, 1.54) is 17.7 Å². The van der Waals surface area contributed by atoms with Crippen LogP contribution in [0.25, 0.3) is 21.1 Å². The SMILES string of the molecule is O=C(Oc1ccc2ncnc(Nc3ccc4ncsc4c3F)c2c1)N1CCCC1. The Morgan fingerprint density at radius 3 is 2.79 bits per heavy atom. The first kappa shape index (κ1) is 17.7. The average Bonchev–Trinajstić information content (AvgIpc) is 3.42. The highest BCUT2D eigenvalue weighted by molar-refractivity contribution is 7.16. The van der Waals surface area contributed by atoms with Crippen LogP contribution in [0.15, 0.2) is 42.2 Å². The van der Waals surface area contributed by atoms with Crippen LogP contribution >= 0.6 is 11.3 Å². The van der Waals surface area contributed by atoms with Crippen LogP contribution in [0.4, 0.5) is 20.7 Å². The summed E-state index contributed by atoms with van der Waals surface area (Å²) in [4.78, 5) is 26.6. The zero-order valence-electron chi connectivity index (χ0n) is 15.3. The number of amides is 1. The summed E-state index contributed by atoms with van der Waals surface area (Å²) in [6.07, 6.45) is 3.02. The highest BCUT2D eigenvalue weighted by Gasteiger charge is 2.20. The van der Waals surface area contributed by atoms with Crippen molar-refractivity contribution in [1.82, 2.24) is 19.9 Å². The predicted molar refractivity (Wildman–Crippen MR) is 109 cm³/mol. The highest BCUT2D eigenvalue weighted by atomic mass is 32.1. The molecule has 5 rings (SSSR count).